The van der Waals surface area contributed by atoms with Gasteiger partial charge in [0.25, 0.3) is 15.9 Å². The minimum absolute atomic E-state index is 0.182. The van der Waals surface area contributed by atoms with Crippen LogP contribution in [0.15, 0.2) is 53.4 Å². The predicted octanol–water partition coefficient (Wildman–Crippen LogP) is 1.01. The second-order valence-corrected chi connectivity index (χ2v) is 8.09. The van der Waals surface area contributed by atoms with Crippen molar-refractivity contribution in [1.29, 1.82) is 0 Å². The van der Waals surface area contributed by atoms with E-state index >= 15 is 0 Å². The SMILES string of the molecule is O=C1NCC2CNCCN2c2ccc(NS(=O)(=O)c3ccccc3)cc21. The minimum atomic E-state index is -3.70. The lowest BCUT2D eigenvalue weighted by molar-refractivity contribution is 0.0955. The zero-order valence-corrected chi connectivity index (χ0v) is 14.9. The highest BCUT2D eigenvalue weighted by atomic mass is 32.2. The van der Waals surface area contributed by atoms with Crippen molar-refractivity contribution in [1.82, 2.24) is 10.6 Å². The number of nitrogens with one attached hydrogen (secondary N) is 3. The Balaban J connectivity index is 1.67. The number of carbonyl (C=O) groups is 1. The monoisotopic (exact) mass is 372 g/mol. The molecule has 0 bridgehead atoms. The topological polar surface area (TPSA) is 90.5 Å². The first-order chi connectivity index (χ1) is 12.5. The Labute approximate surface area is 152 Å². The number of nitrogens with zero attached hydrogens (tertiary/aromatic N) is 1. The molecule has 1 unspecified atom stereocenters. The number of fused-ring (bicyclic) bond motifs is 3. The van der Waals surface area contributed by atoms with Gasteiger partial charge in [-0.3, -0.25) is 9.52 Å². The van der Waals surface area contributed by atoms with Gasteiger partial charge in [-0.2, -0.15) is 0 Å². The van der Waals surface area contributed by atoms with Gasteiger partial charge in [-0.05, 0) is 30.3 Å². The van der Waals surface area contributed by atoms with E-state index in [-0.39, 0.29) is 16.8 Å². The summed E-state index contributed by atoms with van der Waals surface area (Å²) in [5.74, 6) is -0.185. The number of carbonyl (C=O) groups excluding carboxylic acids is 1. The zero-order valence-electron chi connectivity index (χ0n) is 14.1. The maximum atomic E-state index is 12.5. The van der Waals surface area contributed by atoms with Crippen LogP contribution in [0.2, 0.25) is 0 Å². The van der Waals surface area contributed by atoms with Gasteiger partial charge >= 0.3 is 0 Å². The molecule has 4 rings (SSSR count). The van der Waals surface area contributed by atoms with Gasteiger partial charge in [0, 0.05) is 31.9 Å². The number of piperazine rings is 1. The van der Waals surface area contributed by atoms with Crippen LogP contribution in [-0.4, -0.2) is 46.5 Å². The zero-order chi connectivity index (χ0) is 18.1. The Morgan fingerprint density at radius 3 is 2.69 bits per heavy atom. The molecule has 2 aliphatic heterocycles. The van der Waals surface area contributed by atoms with E-state index < -0.39 is 10.0 Å². The molecule has 1 amide bonds. The van der Waals surface area contributed by atoms with Crippen molar-refractivity contribution < 1.29 is 13.2 Å². The number of hydrogen-bond donors (Lipinski definition) is 3. The molecule has 26 heavy (non-hydrogen) atoms. The van der Waals surface area contributed by atoms with Gasteiger partial charge < -0.3 is 15.5 Å². The minimum Gasteiger partial charge on any atom is -0.364 e. The van der Waals surface area contributed by atoms with E-state index in [4.69, 9.17) is 0 Å². The van der Waals surface area contributed by atoms with Gasteiger partial charge in [-0.25, -0.2) is 8.42 Å². The molecule has 7 nitrogen and oxygen atoms in total. The van der Waals surface area contributed by atoms with Crippen LogP contribution < -0.4 is 20.3 Å². The van der Waals surface area contributed by atoms with Crippen molar-refractivity contribution in [3.05, 3.63) is 54.1 Å². The standard InChI is InChI=1S/C18H20N4O3S/c23-18-16-10-13(21-26(24,25)15-4-2-1-3-5-15)6-7-17(16)22-9-8-19-11-14(22)12-20-18/h1-7,10,14,19,21H,8-9,11-12H2,(H,20,23). The predicted molar refractivity (Wildman–Crippen MR) is 100 cm³/mol. The normalized spacial score (nSPS) is 19.8. The number of hydrogen-bond acceptors (Lipinski definition) is 5. The summed E-state index contributed by atoms with van der Waals surface area (Å²) in [6.07, 6.45) is 0. The lowest BCUT2D eigenvalue weighted by atomic mass is 10.1. The highest BCUT2D eigenvalue weighted by molar-refractivity contribution is 7.92. The fourth-order valence-electron chi connectivity index (χ4n) is 3.41. The third-order valence-electron chi connectivity index (χ3n) is 4.70. The van der Waals surface area contributed by atoms with E-state index in [1.807, 2.05) is 6.07 Å². The van der Waals surface area contributed by atoms with Crippen molar-refractivity contribution >= 4 is 27.3 Å². The summed E-state index contributed by atoms with van der Waals surface area (Å²) < 4.78 is 27.6. The first-order valence-electron chi connectivity index (χ1n) is 8.52. The van der Waals surface area contributed by atoms with Crippen molar-refractivity contribution in [3.63, 3.8) is 0 Å². The summed E-state index contributed by atoms with van der Waals surface area (Å²) in [4.78, 5) is 14.9. The largest absolute Gasteiger partial charge is 0.364 e. The quantitative estimate of drug-likeness (QED) is 0.748. The fraction of sp³-hybridized carbons (Fsp3) is 0.278. The van der Waals surface area contributed by atoms with Crippen LogP contribution in [-0.2, 0) is 10.0 Å². The molecule has 3 N–H and O–H groups in total. The molecular formula is C18H20N4O3S. The van der Waals surface area contributed by atoms with Crippen LogP contribution in [0, 0.1) is 0 Å². The Kier molecular flexibility index (Phi) is 4.29. The third kappa shape index (κ3) is 3.13. The second kappa shape index (κ2) is 6.62. The van der Waals surface area contributed by atoms with Crippen LogP contribution in [0.4, 0.5) is 11.4 Å². The Bertz CT molecular complexity index is 931. The number of rotatable bonds is 3. The maximum Gasteiger partial charge on any atom is 0.261 e. The molecule has 0 aromatic heterocycles. The first kappa shape index (κ1) is 16.9. The van der Waals surface area contributed by atoms with E-state index in [0.29, 0.717) is 17.8 Å². The van der Waals surface area contributed by atoms with Crippen LogP contribution in [0.25, 0.3) is 0 Å². The molecule has 0 saturated carbocycles. The van der Waals surface area contributed by atoms with Gasteiger partial charge in [0.15, 0.2) is 0 Å². The van der Waals surface area contributed by atoms with Crippen LogP contribution >= 0.6 is 0 Å². The van der Waals surface area contributed by atoms with Crippen molar-refractivity contribution in [2.24, 2.45) is 0 Å². The number of sulfonamides is 1. The molecule has 2 heterocycles. The highest BCUT2D eigenvalue weighted by Gasteiger charge is 2.30. The average molecular weight is 372 g/mol. The Hall–Kier alpha value is -2.58. The van der Waals surface area contributed by atoms with E-state index in [1.54, 1.807) is 30.3 Å². The van der Waals surface area contributed by atoms with Crippen LogP contribution in [0.3, 0.4) is 0 Å². The molecule has 0 aliphatic carbocycles. The molecule has 136 valence electrons. The molecule has 8 heteroatoms. The summed E-state index contributed by atoms with van der Waals surface area (Å²) in [6, 6.07) is 13.5. The van der Waals surface area contributed by atoms with Crippen LogP contribution in [0.5, 0.6) is 0 Å². The third-order valence-corrected chi connectivity index (χ3v) is 6.10. The molecule has 0 radical (unpaired) electrons. The smallest absolute Gasteiger partial charge is 0.261 e. The summed E-state index contributed by atoms with van der Waals surface area (Å²) >= 11 is 0. The van der Waals surface area contributed by atoms with Crippen molar-refractivity contribution in [2.45, 2.75) is 10.9 Å². The molecule has 1 saturated heterocycles. The molecule has 2 aromatic rings. The first-order valence-corrected chi connectivity index (χ1v) is 10.0. The molecule has 1 atom stereocenters. The number of benzene rings is 2. The summed E-state index contributed by atoms with van der Waals surface area (Å²) in [6.45, 7) is 3.03. The van der Waals surface area contributed by atoms with Crippen molar-refractivity contribution in [3.8, 4) is 0 Å². The van der Waals surface area contributed by atoms with Gasteiger partial charge in [-0.1, -0.05) is 18.2 Å². The Morgan fingerprint density at radius 2 is 1.88 bits per heavy atom. The van der Waals surface area contributed by atoms with Gasteiger partial charge in [-0.15, -0.1) is 0 Å². The fourth-order valence-corrected chi connectivity index (χ4v) is 4.48. The van der Waals surface area contributed by atoms with E-state index in [1.165, 1.54) is 12.1 Å². The summed E-state index contributed by atoms with van der Waals surface area (Å²) in [5, 5.41) is 6.26. The number of anilines is 2. The molecule has 1 fully saturated rings. The van der Waals surface area contributed by atoms with Gasteiger partial charge in [0.1, 0.15) is 0 Å². The molecule has 2 aliphatic rings. The van der Waals surface area contributed by atoms with Crippen LogP contribution in [0.1, 0.15) is 10.4 Å². The van der Waals surface area contributed by atoms with Gasteiger partial charge in [0.2, 0.25) is 0 Å². The van der Waals surface area contributed by atoms with E-state index in [9.17, 15) is 13.2 Å². The lowest BCUT2D eigenvalue weighted by Gasteiger charge is -2.36. The summed E-state index contributed by atoms with van der Waals surface area (Å²) in [5.41, 5.74) is 1.70. The Morgan fingerprint density at radius 1 is 1.08 bits per heavy atom. The maximum absolute atomic E-state index is 12.5. The van der Waals surface area contributed by atoms with Gasteiger partial charge in [0.05, 0.1) is 22.2 Å². The number of amides is 1. The van der Waals surface area contributed by atoms with E-state index in [0.717, 1.165) is 25.3 Å². The highest BCUT2D eigenvalue weighted by Crippen LogP contribution is 2.29. The summed E-state index contributed by atoms with van der Waals surface area (Å²) in [7, 11) is -3.70. The lowest BCUT2D eigenvalue weighted by Crippen LogP contribution is -2.54. The molecule has 0 spiro atoms. The van der Waals surface area contributed by atoms with E-state index in [2.05, 4.69) is 20.3 Å². The van der Waals surface area contributed by atoms with Crippen molar-refractivity contribution in [2.75, 3.05) is 35.8 Å². The molecular weight excluding hydrogens is 352 g/mol. The molecule has 2 aromatic carbocycles. The second-order valence-electron chi connectivity index (χ2n) is 6.41. The average Bonchev–Trinajstić information content (AvgIpc) is 2.80.